The van der Waals surface area contributed by atoms with E-state index in [1.807, 2.05) is 30.6 Å². The van der Waals surface area contributed by atoms with Crippen LogP contribution in [0.2, 0.25) is 0 Å². The molecular weight excluding hydrogens is 1100 g/mol. The summed E-state index contributed by atoms with van der Waals surface area (Å²) in [6.07, 6.45) is 8.71. The van der Waals surface area contributed by atoms with Crippen LogP contribution in [0.5, 0.6) is 34.5 Å². The SMILES string of the molecule is COc1cc(OC)c2c(-c3ccc(Br)cc3)c3[nH]c2c1C=NCCCCCCN=Cc1c(OC)cc(OC)c2c(-c4ccc(Br)cc4)c([nH]c12)Cc1c(OC)cc(OC)c2c(-c4ccc(Br)cc4)c([nH]c12)C3. The fraction of sp³-hybridized carbons (Fsp3) is 0.241. The van der Waals surface area contributed by atoms with E-state index >= 15 is 0 Å². The van der Waals surface area contributed by atoms with Gasteiger partial charge in [-0.15, -0.1) is 0 Å². The van der Waals surface area contributed by atoms with E-state index in [2.05, 4.69) is 136 Å². The number of hydrogen-bond acceptors (Lipinski definition) is 8. The average Bonchev–Trinajstić information content (AvgIpc) is 4.09. The highest BCUT2D eigenvalue weighted by molar-refractivity contribution is 9.11. The number of hydrogen-bond donors (Lipinski definition) is 3. The van der Waals surface area contributed by atoms with Gasteiger partial charge in [-0.1, -0.05) is 97.0 Å². The molecule has 0 saturated carbocycles. The van der Waals surface area contributed by atoms with Crippen molar-refractivity contribution in [3.63, 3.8) is 0 Å². The van der Waals surface area contributed by atoms with Crippen LogP contribution in [-0.4, -0.2) is 83.1 Å². The lowest BCUT2D eigenvalue weighted by atomic mass is 9.93. The second-order valence-corrected chi connectivity index (χ2v) is 20.4. The predicted molar refractivity (Wildman–Crippen MR) is 303 cm³/mol. The Bertz CT molecular complexity index is 3520. The molecule has 0 amide bonds. The Morgan fingerprint density at radius 3 is 1.10 bits per heavy atom. The highest BCUT2D eigenvalue weighted by Gasteiger charge is 2.29. The topological polar surface area (TPSA) is 127 Å². The maximum absolute atomic E-state index is 6.36. The largest absolute Gasteiger partial charge is 0.496 e. The van der Waals surface area contributed by atoms with E-state index < -0.39 is 0 Å². The third-order valence-electron chi connectivity index (χ3n) is 13.6. The number of ether oxygens (including phenoxy) is 6. The molecule has 3 aromatic heterocycles. The summed E-state index contributed by atoms with van der Waals surface area (Å²) in [5.41, 5.74) is 14.3. The lowest BCUT2D eigenvalue weighted by Crippen LogP contribution is -1.99. The van der Waals surface area contributed by atoms with Gasteiger partial charge >= 0.3 is 0 Å². The standard InChI is InChI=1S/C58H54Br3N5O6/c1-67-44-27-47(70-4)53-51(33-13-19-36(60)20-14-33)42-26-43-52(34-15-21-37(61)22-16-34)55-49(72-6)29-46(69-3)40(58(55)66-43)31-63-24-10-8-7-9-23-62-30-39-45(68-2)28-48(71-5)54-50(32-11-17-35(59)18-12-32)41(64-57(39)54)25-38(44)56(53)65-42/h11-22,27-31,64-66H,7-10,23-26H2,1-6H3. The fourth-order valence-electron chi connectivity index (χ4n) is 10.3. The summed E-state index contributed by atoms with van der Waals surface area (Å²) in [6.45, 7) is 1.34. The van der Waals surface area contributed by atoms with Crippen molar-refractivity contribution in [1.82, 2.24) is 15.0 Å². The number of rotatable bonds is 9. The van der Waals surface area contributed by atoms with Crippen molar-refractivity contribution >= 4 is 92.9 Å². The van der Waals surface area contributed by atoms with Crippen LogP contribution in [0.25, 0.3) is 66.1 Å². The normalized spacial score (nSPS) is 13.3. The van der Waals surface area contributed by atoms with Gasteiger partial charge < -0.3 is 43.4 Å². The Kier molecular flexibility index (Phi) is 14.5. The minimum Gasteiger partial charge on any atom is -0.496 e. The molecule has 11 nitrogen and oxygen atoms in total. The number of aromatic nitrogens is 3. The summed E-state index contributed by atoms with van der Waals surface area (Å²) in [5, 5.41) is 2.80. The smallest absolute Gasteiger partial charge is 0.133 e. The van der Waals surface area contributed by atoms with E-state index in [1.54, 1.807) is 42.7 Å². The summed E-state index contributed by atoms with van der Waals surface area (Å²) in [7, 11) is 10.2. The Labute approximate surface area is 443 Å². The second-order valence-electron chi connectivity index (χ2n) is 17.7. The second kappa shape index (κ2) is 21.3. The molecule has 6 aromatic carbocycles. The van der Waals surface area contributed by atoms with Crippen molar-refractivity contribution in [2.45, 2.75) is 38.5 Å². The number of aromatic amines is 3. The number of methoxy groups -OCH3 is 6. The van der Waals surface area contributed by atoms with Crippen molar-refractivity contribution in [3.05, 3.63) is 138 Å². The van der Waals surface area contributed by atoms with Crippen molar-refractivity contribution in [3.8, 4) is 67.9 Å². The minimum absolute atomic E-state index is 0.432. The van der Waals surface area contributed by atoms with Gasteiger partial charge in [0.1, 0.15) is 34.5 Å². The Morgan fingerprint density at radius 2 is 0.722 bits per heavy atom. The Morgan fingerprint density at radius 1 is 0.389 bits per heavy atom. The van der Waals surface area contributed by atoms with E-state index in [0.717, 1.165) is 139 Å². The fourth-order valence-corrected chi connectivity index (χ4v) is 11.1. The van der Waals surface area contributed by atoms with Gasteiger partial charge in [0.15, 0.2) is 0 Å². The molecule has 1 aliphatic heterocycles. The Hall–Kier alpha value is -6.48. The summed E-state index contributed by atoms with van der Waals surface area (Å²) in [5.74, 6) is 4.05. The molecular formula is C58H54Br3N5O6. The molecule has 0 atom stereocenters. The van der Waals surface area contributed by atoms with Gasteiger partial charge in [0.2, 0.25) is 0 Å². The van der Waals surface area contributed by atoms with Crippen molar-refractivity contribution in [1.29, 1.82) is 0 Å². The minimum atomic E-state index is 0.432. The molecule has 0 radical (unpaired) electrons. The number of nitrogens with one attached hydrogen (secondary N) is 3. The van der Waals surface area contributed by atoms with E-state index in [4.69, 9.17) is 38.4 Å². The number of halogens is 3. The first kappa shape index (κ1) is 49.1. The van der Waals surface area contributed by atoms with Crippen LogP contribution < -0.4 is 28.4 Å². The first-order valence-electron chi connectivity index (χ1n) is 23.8. The number of H-pyrrole nitrogens is 3. The molecule has 0 fully saturated rings. The summed E-state index contributed by atoms with van der Waals surface area (Å²) in [6, 6.07) is 31.2. The monoisotopic (exact) mass is 1150 g/mol. The van der Waals surface area contributed by atoms with Gasteiger partial charge in [-0.2, -0.15) is 0 Å². The lowest BCUT2D eigenvalue weighted by molar-refractivity contribution is 0.395. The van der Waals surface area contributed by atoms with Crippen molar-refractivity contribution in [2.75, 3.05) is 55.7 Å². The van der Waals surface area contributed by atoms with Crippen LogP contribution in [0.4, 0.5) is 0 Å². The molecule has 0 unspecified atom stereocenters. The molecule has 3 N–H and O–H groups in total. The molecule has 14 heteroatoms. The van der Waals surface area contributed by atoms with Crippen LogP contribution in [0.3, 0.4) is 0 Å². The first-order valence-corrected chi connectivity index (χ1v) is 26.2. The van der Waals surface area contributed by atoms with Gasteiger partial charge in [0, 0.05) is 109 Å². The van der Waals surface area contributed by atoms with Gasteiger partial charge in [-0.05, 0) is 65.9 Å². The van der Waals surface area contributed by atoms with E-state index in [9.17, 15) is 0 Å². The third kappa shape index (κ3) is 9.17. The number of aliphatic imine (C=N–C) groups is 2. The summed E-state index contributed by atoms with van der Waals surface area (Å²) >= 11 is 11.1. The van der Waals surface area contributed by atoms with Gasteiger partial charge in [-0.3, -0.25) is 9.98 Å². The van der Waals surface area contributed by atoms with Crippen molar-refractivity contribution in [2.24, 2.45) is 9.98 Å². The van der Waals surface area contributed by atoms with Crippen LogP contribution in [0.15, 0.2) is 114 Å². The quantitative estimate of drug-likeness (QED) is 0.132. The predicted octanol–water partition coefficient (Wildman–Crippen LogP) is 15.1. The summed E-state index contributed by atoms with van der Waals surface area (Å²) in [4.78, 5) is 21.9. The molecule has 0 aliphatic carbocycles. The molecule has 1 aliphatic rings. The molecule has 368 valence electrons. The number of nitrogens with zero attached hydrogens (tertiary/aromatic N) is 2. The average molecular weight is 1160 g/mol. The molecule has 6 bridgehead atoms. The zero-order valence-electron chi connectivity index (χ0n) is 40.9. The van der Waals surface area contributed by atoms with E-state index in [0.29, 0.717) is 60.4 Å². The molecule has 0 spiro atoms. The van der Waals surface area contributed by atoms with Gasteiger partial charge in [-0.25, -0.2) is 0 Å². The van der Waals surface area contributed by atoms with Crippen molar-refractivity contribution < 1.29 is 28.4 Å². The summed E-state index contributed by atoms with van der Waals surface area (Å²) < 4.78 is 40.2. The molecule has 72 heavy (non-hydrogen) atoms. The maximum atomic E-state index is 6.36. The molecule has 0 saturated heterocycles. The van der Waals surface area contributed by atoms with Gasteiger partial charge in [0.25, 0.3) is 0 Å². The zero-order chi connectivity index (χ0) is 50.0. The van der Waals surface area contributed by atoms with E-state index in [1.165, 1.54) is 0 Å². The number of fused-ring (bicyclic) bond motifs is 3. The molecule has 10 rings (SSSR count). The third-order valence-corrected chi connectivity index (χ3v) is 15.2. The highest BCUT2D eigenvalue weighted by Crippen LogP contribution is 2.50. The molecule has 9 aromatic rings. The Balaban J connectivity index is 1.30. The zero-order valence-corrected chi connectivity index (χ0v) is 45.7. The van der Waals surface area contributed by atoms with Gasteiger partial charge in [0.05, 0.1) is 86.5 Å². The van der Waals surface area contributed by atoms with Crippen LogP contribution in [-0.2, 0) is 12.8 Å². The lowest BCUT2D eigenvalue weighted by Gasteiger charge is -2.15. The van der Waals surface area contributed by atoms with Crippen LogP contribution >= 0.6 is 47.8 Å². The van der Waals surface area contributed by atoms with E-state index in [-0.39, 0.29) is 0 Å². The number of benzene rings is 6. The first-order chi connectivity index (χ1) is 35.2. The molecule has 4 heterocycles. The van der Waals surface area contributed by atoms with Crippen LogP contribution in [0, 0.1) is 0 Å². The highest BCUT2D eigenvalue weighted by atomic mass is 79.9. The van der Waals surface area contributed by atoms with Crippen LogP contribution in [0.1, 0.15) is 59.5 Å². The maximum Gasteiger partial charge on any atom is 0.133 e.